The topological polar surface area (TPSA) is 92.3 Å². The number of rotatable bonds is 11. The van der Waals surface area contributed by atoms with Crippen molar-refractivity contribution in [3.05, 3.63) is 108 Å². The number of nitrogens with zero attached hydrogens (tertiary/aromatic N) is 6. The second-order valence-electron chi connectivity index (χ2n) is 11.2. The molecule has 2 atom stereocenters. The van der Waals surface area contributed by atoms with E-state index in [1.54, 1.807) is 16.1 Å². The van der Waals surface area contributed by atoms with Gasteiger partial charge >= 0.3 is 6.03 Å². The van der Waals surface area contributed by atoms with Crippen molar-refractivity contribution in [2.45, 2.75) is 52.0 Å². The van der Waals surface area contributed by atoms with E-state index in [9.17, 15) is 14.4 Å². The number of fused-ring (bicyclic) bond motifs is 1. The fourth-order valence-corrected chi connectivity index (χ4v) is 5.92. The maximum absolute atomic E-state index is 14.1. The van der Waals surface area contributed by atoms with Crippen molar-refractivity contribution >= 4 is 23.7 Å². The lowest BCUT2D eigenvalue weighted by Crippen LogP contribution is -2.66. The first-order valence-electron chi connectivity index (χ1n) is 15.2. The van der Waals surface area contributed by atoms with Crippen LogP contribution in [0.15, 0.2) is 91.3 Å². The normalized spacial score (nSPS) is 18.5. The number of piperazine rings is 1. The van der Waals surface area contributed by atoms with Gasteiger partial charge in [-0.1, -0.05) is 73.7 Å². The van der Waals surface area contributed by atoms with Crippen LogP contribution >= 0.6 is 0 Å². The highest BCUT2D eigenvalue weighted by Crippen LogP contribution is 2.30. The summed E-state index contributed by atoms with van der Waals surface area (Å²) >= 11 is 0. The van der Waals surface area contributed by atoms with Crippen molar-refractivity contribution < 1.29 is 14.4 Å². The van der Waals surface area contributed by atoms with Crippen LogP contribution in [0.3, 0.4) is 0 Å². The smallest absolute Gasteiger partial charge is 0.332 e. The summed E-state index contributed by atoms with van der Waals surface area (Å²) in [5, 5.41) is 6.52. The van der Waals surface area contributed by atoms with E-state index < -0.39 is 12.2 Å². The van der Waals surface area contributed by atoms with E-state index in [0.29, 0.717) is 32.5 Å². The number of nitrogens with one attached hydrogen (secondary N) is 1. The van der Waals surface area contributed by atoms with E-state index in [-0.39, 0.29) is 30.9 Å². The van der Waals surface area contributed by atoms with Crippen LogP contribution in [0, 0.1) is 0 Å². The van der Waals surface area contributed by atoms with Crippen LogP contribution in [0.1, 0.15) is 37.0 Å². The predicted octanol–water partition coefficient (Wildman–Crippen LogP) is 4.01. The van der Waals surface area contributed by atoms with E-state index in [2.05, 4.69) is 10.3 Å². The molecule has 0 saturated carbocycles. The molecule has 0 radical (unpaired) electrons. The van der Waals surface area contributed by atoms with E-state index in [4.69, 9.17) is 0 Å². The van der Waals surface area contributed by atoms with Gasteiger partial charge in [-0.2, -0.15) is 5.01 Å². The quantitative estimate of drug-likeness (QED) is 0.360. The van der Waals surface area contributed by atoms with Gasteiger partial charge in [0.05, 0.1) is 13.1 Å². The Morgan fingerprint density at radius 2 is 1.73 bits per heavy atom. The number of pyridine rings is 1. The van der Waals surface area contributed by atoms with Gasteiger partial charge in [0.1, 0.15) is 18.0 Å². The van der Waals surface area contributed by atoms with E-state index in [0.717, 1.165) is 22.5 Å². The van der Waals surface area contributed by atoms with Crippen LogP contribution < -0.4 is 10.2 Å². The van der Waals surface area contributed by atoms with Crippen LogP contribution in [-0.2, 0) is 29.1 Å². The number of carbonyl (C=O) groups excluding carboxylic acids is 3. The Morgan fingerprint density at radius 1 is 1.02 bits per heavy atom. The average molecular weight is 596 g/mol. The molecular formula is C34H41N7O3. The molecule has 0 aliphatic carbocycles. The molecule has 10 heteroatoms. The highest BCUT2D eigenvalue weighted by Gasteiger charge is 2.52. The minimum absolute atomic E-state index is 0.0311. The third kappa shape index (κ3) is 6.92. The first-order chi connectivity index (χ1) is 21.4. The molecule has 1 N–H and O–H groups in total. The lowest BCUT2D eigenvalue weighted by molar-refractivity contribution is -0.157. The Hall–Kier alpha value is -4.70. The number of hydrogen-bond acceptors (Lipinski definition) is 6. The van der Waals surface area contributed by atoms with Gasteiger partial charge in [0.2, 0.25) is 11.8 Å². The van der Waals surface area contributed by atoms with Crippen molar-refractivity contribution in [1.29, 1.82) is 0 Å². The second-order valence-corrected chi connectivity index (χ2v) is 11.2. The molecule has 3 heterocycles. The molecule has 0 bridgehead atoms. The number of amides is 4. The average Bonchev–Trinajstić information content (AvgIpc) is 3.36. The molecule has 2 aromatic carbocycles. The number of urea groups is 1. The maximum Gasteiger partial charge on any atom is 0.332 e. The molecule has 1 aromatic heterocycles. The van der Waals surface area contributed by atoms with Gasteiger partial charge in [-0.05, 0) is 42.2 Å². The van der Waals surface area contributed by atoms with Gasteiger partial charge in [-0.3, -0.25) is 14.6 Å². The van der Waals surface area contributed by atoms with Gasteiger partial charge in [0.25, 0.3) is 0 Å². The molecular weight excluding hydrogens is 554 g/mol. The Bertz CT molecular complexity index is 1470. The Morgan fingerprint density at radius 3 is 2.41 bits per heavy atom. The second kappa shape index (κ2) is 14.2. The van der Waals surface area contributed by atoms with Gasteiger partial charge in [-0.25, -0.2) is 9.78 Å². The number of anilines is 1. The van der Waals surface area contributed by atoms with Crippen LogP contribution in [0.2, 0.25) is 0 Å². The highest BCUT2D eigenvalue weighted by molar-refractivity contribution is 5.91. The number of benzene rings is 2. The summed E-state index contributed by atoms with van der Waals surface area (Å²) in [6, 6.07) is 22.5. The number of hydrogen-bond donors (Lipinski definition) is 1. The molecule has 230 valence electrons. The van der Waals surface area contributed by atoms with Crippen LogP contribution in [-0.4, -0.2) is 81.5 Å². The third-order valence-electron chi connectivity index (χ3n) is 8.02. The minimum atomic E-state index is -0.684. The molecule has 0 spiro atoms. The maximum atomic E-state index is 14.1. The van der Waals surface area contributed by atoms with E-state index in [1.807, 2.05) is 121 Å². The first-order valence-corrected chi connectivity index (χ1v) is 15.2. The summed E-state index contributed by atoms with van der Waals surface area (Å²) < 4.78 is 0. The number of hydrazine groups is 1. The predicted molar refractivity (Wildman–Crippen MR) is 170 cm³/mol. The molecule has 5 rings (SSSR count). The largest absolute Gasteiger partial charge is 0.336 e. The standard InChI is InChI=1S/C34H41N7O3/c1-4-18-37(3)30-21-28(16-17-35-30)23-38-24-31-40(39(19-5-2)34(44)36-22-27-14-10-7-11-15-27)25-32(42)41(31)29(33(38)43)20-26-12-8-6-9-13-26/h4,6-18,21,29,31H,5,19-20,22-25H2,1-3H3,(H,36,44)/b18-4-/t29-,31+/m0/s1. The molecule has 2 aliphatic rings. The Kier molecular flexibility index (Phi) is 9.91. The lowest BCUT2D eigenvalue weighted by Gasteiger charge is -2.46. The molecule has 2 aliphatic heterocycles. The number of aromatic nitrogens is 1. The third-order valence-corrected chi connectivity index (χ3v) is 8.02. The van der Waals surface area contributed by atoms with Crippen molar-refractivity contribution in [2.75, 3.05) is 31.6 Å². The van der Waals surface area contributed by atoms with Crippen molar-refractivity contribution in [3.8, 4) is 0 Å². The minimum Gasteiger partial charge on any atom is -0.336 e. The molecule has 2 saturated heterocycles. The summed E-state index contributed by atoms with van der Waals surface area (Å²) in [5.41, 5.74) is 2.90. The molecule has 0 unspecified atom stereocenters. The monoisotopic (exact) mass is 595 g/mol. The van der Waals surface area contributed by atoms with Crippen LogP contribution in [0.5, 0.6) is 0 Å². The van der Waals surface area contributed by atoms with Gasteiger partial charge in [-0.15, -0.1) is 0 Å². The Labute approximate surface area is 259 Å². The lowest BCUT2D eigenvalue weighted by atomic mass is 10.00. The van der Waals surface area contributed by atoms with Gasteiger partial charge < -0.3 is 20.0 Å². The summed E-state index contributed by atoms with van der Waals surface area (Å²) in [5.74, 6) is 0.519. The van der Waals surface area contributed by atoms with Crippen LogP contribution in [0.25, 0.3) is 0 Å². The summed E-state index contributed by atoms with van der Waals surface area (Å²) in [6.07, 6.45) is 6.25. The zero-order valence-electron chi connectivity index (χ0n) is 25.7. The summed E-state index contributed by atoms with van der Waals surface area (Å²) in [7, 11) is 1.93. The van der Waals surface area contributed by atoms with Crippen molar-refractivity contribution in [1.82, 2.24) is 30.1 Å². The number of carbonyl (C=O) groups is 3. The van der Waals surface area contributed by atoms with Gasteiger partial charge in [0.15, 0.2) is 0 Å². The number of allylic oxidation sites excluding steroid dienone is 1. The SMILES string of the molecule is C/C=C\N(C)c1cc(CN2C[C@H]3N(C(=O)CN3N(CCC)C(=O)NCc3ccccc3)[C@@H](Cc3ccccc3)C2=O)ccn1. The fraction of sp³-hybridized carbons (Fsp3) is 0.353. The van der Waals surface area contributed by atoms with E-state index in [1.165, 1.54) is 0 Å². The molecule has 10 nitrogen and oxygen atoms in total. The molecule has 4 amide bonds. The van der Waals surface area contributed by atoms with Crippen molar-refractivity contribution in [2.24, 2.45) is 0 Å². The molecule has 2 fully saturated rings. The zero-order valence-corrected chi connectivity index (χ0v) is 25.7. The van der Waals surface area contributed by atoms with Gasteiger partial charge in [0, 0.05) is 45.5 Å². The summed E-state index contributed by atoms with van der Waals surface area (Å²) in [4.78, 5) is 51.3. The van der Waals surface area contributed by atoms with Crippen molar-refractivity contribution in [3.63, 3.8) is 0 Å². The Balaban J connectivity index is 1.43. The summed E-state index contributed by atoms with van der Waals surface area (Å²) in [6.45, 7) is 5.46. The zero-order chi connectivity index (χ0) is 31.1. The highest BCUT2D eigenvalue weighted by atomic mass is 16.2. The van der Waals surface area contributed by atoms with E-state index >= 15 is 0 Å². The van der Waals surface area contributed by atoms with Crippen LogP contribution in [0.4, 0.5) is 10.6 Å². The fourth-order valence-electron chi connectivity index (χ4n) is 5.92. The molecule has 3 aromatic rings. The molecule has 44 heavy (non-hydrogen) atoms. The first kappa shape index (κ1) is 30.7.